The highest BCUT2D eigenvalue weighted by Gasteiger charge is 2.63. The van der Waals surface area contributed by atoms with Crippen LogP contribution in [0.15, 0.2) is 18.2 Å². The van der Waals surface area contributed by atoms with Crippen LogP contribution in [0.4, 0.5) is 9.18 Å². The molecule has 1 aromatic carbocycles. The molecule has 6 rings (SSSR count). The Labute approximate surface area is 264 Å². The third-order valence-corrected chi connectivity index (χ3v) is 13.1. The molecule has 0 bridgehead atoms. The van der Waals surface area contributed by atoms with E-state index in [9.17, 15) is 32.0 Å². The summed E-state index contributed by atoms with van der Waals surface area (Å²) in [6, 6.07) is 3.83. The van der Waals surface area contributed by atoms with Gasteiger partial charge < -0.3 is 9.64 Å². The van der Waals surface area contributed by atoms with E-state index >= 15 is 0 Å². The van der Waals surface area contributed by atoms with Crippen molar-refractivity contribution in [1.82, 2.24) is 14.5 Å². The highest BCUT2D eigenvalue weighted by molar-refractivity contribution is 7.91. The number of benzene rings is 1. The normalized spacial score (nSPS) is 31.6. The molecule has 3 amide bonds. The Morgan fingerprint density at radius 3 is 2.47 bits per heavy atom. The van der Waals surface area contributed by atoms with Crippen molar-refractivity contribution >= 4 is 33.7 Å². The van der Waals surface area contributed by atoms with E-state index in [0.717, 1.165) is 38.5 Å². The second-order valence-electron chi connectivity index (χ2n) is 14.3. The smallest absolute Gasteiger partial charge is 0.410 e. The molecule has 0 unspecified atom stereocenters. The topological polar surface area (TPSA) is 130 Å². The van der Waals surface area contributed by atoms with Crippen molar-refractivity contribution < 1.29 is 36.7 Å². The van der Waals surface area contributed by atoms with Gasteiger partial charge in [0.2, 0.25) is 21.8 Å². The fourth-order valence-electron chi connectivity index (χ4n) is 7.49. The van der Waals surface area contributed by atoms with Crippen LogP contribution in [0, 0.1) is 23.1 Å². The fraction of sp³-hybridized carbons (Fsp3) is 0.697. The number of hydrogen-bond donors (Lipinski definition) is 1. The van der Waals surface area contributed by atoms with Gasteiger partial charge >= 0.3 is 6.09 Å². The second kappa shape index (κ2) is 12.0. The predicted molar refractivity (Wildman–Crippen MR) is 162 cm³/mol. The number of nitrogens with zero attached hydrogens (tertiary/aromatic N) is 2. The van der Waals surface area contributed by atoms with Gasteiger partial charge in [-0.25, -0.2) is 17.6 Å². The number of hydrogen-bond acceptors (Lipinski definition) is 7. The molecule has 2 saturated heterocycles. The highest BCUT2D eigenvalue weighted by Crippen LogP contribution is 2.59. The standard InChI is InChI=1S/C33H44FN3O7S/c1-21-9-6-4-3-5-7-11-23-16-33(23,30(40)35-45(42,43)32(2)13-14-32)17-28(38)27-15-24(19-37(27)29(21)39)44-31(41)36-18-22-10-8-12-26(34)25(22)20-36/h8,10,12,21,23-24,27H,3-7,9,11,13-20H2,1-2H3,(H,35,40)/t21-,23-,24+,27-,33+/m0/s1. The van der Waals surface area contributed by atoms with Gasteiger partial charge in [0.05, 0.1) is 29.3 Å². The lowest BCUT2D eigenvalue weighted by molar-refractivity contribution is -0.141. The molecule has 5 atom stereocenters. The number of halogens is 1. The van der Waals surface area contributed by atoms with Crippen molar-refractivity contribution in [2.24, 2.45) is 17.3 Å². The molecule has 2 saturated carbocycles. The Balaban J connectivity index is 1.20. The lowest BCUT2D eigenvalue weighted by Crippen LogP contribution is -2.46. The third kappa shape index (κ3) is 6.23. The molecule has 2 aliphatic carbocycles. The zero-order valence-electron chi connectivity index (χ0n) is 26.2. The van der Waals surface area contributed by atoms with Crippen molar-refractivity contribution in [3.8, 4) is 0 Å². The van der Waals surface area contributed by atoms with Gasteiger partial charge in [-0.15, -0.1) is 0 Å². The van der Waals surface area contributed by atoms with Gasteiger partial charge in [-0.05, 0) is 56.6 Å². The van der Waals surface area contributed by atoms with E-state index in [1.807, 2.05) is 6.92 Å². The number of ether oxygens (including phenoxy) is 1. The molecule has 3 heterocycles. The Hall–Kier alpha value is -3.02. The van der Waals surface area contributed by atoms with Crippen molar-refractivity contribution in [3.05, 3.63) is 35.1 Å². The van der Waals surface area contributed by atoms with E-state index < -0.39 is 44.3 Å². The number of amides is 3. The zero-order valence-corrected chi connectivity index (χ0v) is 27.0. The number of carbonyl (C=O) groups is 4. The molecule has 0 radical (unpaired) electrons. The molecule has 4 fully saturated rings. The van der Waals surface area contributed by atoms with Gasteiger partial charge in [0.1, 0.15) is 11.9 Å². The maximum atomic E-state index is 14.3. The minimum Gasteiger partial charge on any atom is -0.444 e. The average molecular weight is 646 g/mol. The Morgan fingerprint density at radius 1 is 1.04 bits per heavy atom. The molecule has 3 aliphatic heterocycles. The molecular formula is C33H44FN3O7S. The van der Waals surface area contributed by atoms with Gasteiger partial charge in [-0.2, -0.15) is 0 Å². The van der Waals surface area contributed by atoms with E-state index in [-0.39, 0.29) is 61.8 Å². The van der Waals surface area contributed by atoms with Crippen LogP contribution in [0.2, 0.25) is 0 Å². The van der Waals surface area contributed by atoms with Crippen molar-refractivity contribution in [3.63, 3.8) is 0 Å². The van der Waals surface area contributed by atoms with Gasteiger partial charge in [0.15, 0.2) is 5.78 Å². The summed E-state index contributed by atoms with van der Waals surface area (Å²) in [6.07, 6.45) is 6.12. The number of fused-ring (bicyclic) bond motifs is 3. The lowest BCUT2D eigenvalue weighted by Gasteiger charge is -2.28. The Kier molecular flexibility index (Phi) is 8.50. The second-order valence-corrected chi connectivity index (χ2v) is 16.5. The molecular weight excluding hydrogens is 601 g/mol. The number of Topliss-reactive ketones (excluding diaryl/α,β-unsaturated/α-hetero) is 1. The first-order valence-corrected chi connectivity index (χ1v) is 17.9. The van der Waals surface area contributed by atoms with Gasteiger partial charge in [-0.1, -0.05) is 51.2 Å². The van der Waals surface area contributed by atoms with Crippen LogP contribution in [0.3, 0.4) is 0 Å². The summed E-state index contributed by atoms with van der Waals surface area (Å²) in [5.41, 5.74) is 0.0363. The van der Waals surface area contributed by atoms with Crippen LogP contribution in [-0.4, -0.2) is 65.3 Å². The number of ketones is 1. The Bertz CT molecular complexity index is 1490. The van der Waals surface area contributed by atoms with Crippen molar-refractivity contribution in [1.29, 1.82) is 0 Å². The third-order valence-electron chi connectivity index (χ3n) is 11.0. The van der Waals surface area contributed by atoms with E-state index in [1.165, 1.54) is 15.9 Å². The van der Waals surface area contributed by atoms with Crippen molar-refractivity contribution in [2.75, 3.05) is 6.54 Å². The Morgan fingerprint density at radius 2 is 1.76 bits per heavy atom. The van der Waals surface area contributed by atoms with E-state index in [1.54, 1.807) is 19.1 Å². The summed E-state index contributed by atoms with van der Waals surface area (Å²) in [7, 11) is -3.88. The van der Waals surface area contributed by atoms with Gasteiger partial charge in [-0.3, -0.25) is 24.0 Å². The first-order chi connectivity index (χ1) is 21.3. The van der Waals surface area contributed by atoms with Crippen LogP contribution in [0.1, 0.15) is 102 Å². The lowest BCUT2D eigenvalue weighted by atomic mass is 9.90. The highest BCUT2D eigenvalue weighted by atomic mass is 32.2. The van der Waals surface area contributed by atoms with Crippen molar-refractivity contribution in [2.45, 2.75) is 121 Å². The van der Waals surface area contributed by atoms with Crippen LogP contribution in [0.5, 0.6) is 0 Å². The summed E-state index contributed by atoms with van der Waals surface area (Å²) in [5, 5.41) is 0. The number of carbonyl (C=O) groups excluding carboxylic acids is 4. The van der Waals surface area contributed by atoms with E-state index in [0.29, 0.717) is 36.8 Å². The first-order valence-electron chi connectivity index (χ1n) is 16.5. The quantitative estimate of drug-likeness (QED) is 0.507. The molecule has 5 aliphatic rings. The number of sulfonamides is 1. The predicted octanol–water partition coefficient (Wildman–Crippen LogP) is 4.59. The number of nitrogens with one attached hydrogen (secondary N) is 1. The maximum Gasteiger partial charge on any atom is 0.410 e. The van der Waals surface area contributed by atoms with E-state index in [2.05, 4.69) is 4.72 Å². The summed E-state index contributed by atoms with van der Waals surface area (Å²) >= 11 is 0. The van der Waals surface area contributed by atoms with Crippen LogP contribution >= 0.6 is 0 Å². The average Bonchev–Trinajstić information content (AvgIpc) is 3.78. The molecule has 0 aromatic heterocycles. The number of rotatable bonds is 4. The fourth-order valence-corrected chi connectivity index (χ4v) is 8.82. The molecule has 10 nitrogen and oxygen atoms in total. The molecule has 0 spiro atoms. The first kappa shape index (κ1) is 31.9. The summed E-state index contributed by atoms with van der Waals surface area (Å²) < 4.78 is 47.4. The molecule has 1 aromatic rings. The van der Waals surface area contributed by atoms with Crippen LogP contribution < -0.4 is 4.72 Å². The minimum atomic E-state index is -3.88. The zero-order chi connectivity index (χ0) is 32.1. The minimum absolute atomic E-state index is 0.0514. The summed E-state index contributed by atoms with van der Waals surface area (Å²) in [4.78, 5) is 57.5. The summed E-state index contributed by atoms with van der Waals surface area (Å²) in [6.45, 7) is 3.81. The molecule has 246 valence electrons. The van der Waals surface area contributed by atoms with Crippen LogP contribution in [-0.2, 0) is 42.2 Å². The SMILES string of the molecule is C[C@H]1CCCCCCC[C@H]2C[C@@]2(C(=O)NS(=O)(=O)C2(C)CC2)CC(=O)[C@@H]2C[C@@H](OC(=O)N3Cc4cccc(F)c4C3)CN2C1=O. The molecule has 45 heavy (non-hydrogen) atoms. The molecule has 1 N–H and O–H groups in total. The largest absolute Gasteiger partial charge is 0.444 e. The monoisotopic (exact) mass is 645 g/mol. The van der Waals surface area contributed by atoms with Gasteiger partial charge in [0.25, 0.3) is 0 Å². The van der Waals surface area contributed by atoms with Crippen LogP contribution in [0.25, 0.3) is 0 Å². The van der Waals surface area contributed by atoms with E-state index in [4.69, 9.17) is 4.74 Å². The maximum absolute atomic E-state index is 14.3. The molecule has 12 heteroatoms. The van der Waals surface area contributed by atoms with Gasteiger partial charge in [0, 0.05) is 30.9 Å². The summed E-state index contributed by atoms with van der Waals surface area (Å²) in [5.74, 6) is -1.93.